The van der Waals surface area contributed by atoms with Crippen LogP contribution in [0.5, 0.6) is 0 Å². The number of carbonyl (C=O) groups excluding carboxylic acids is 4. The molecule has 0 bridgehead atoms. The summed E-state index contributed by atoms with van der Waals surface area (Å²) < 4.78 is 68.6. The van der Waals surface area contributed by atoms with Gasteiger partial charge < -0.3 is 33.8 Å². The fourth-order valence-corrected chi connectivity index (χ4v) is 13.6. The first-order valence-electron chi connectivity index (χ1n) is 40.7. The van der Waals surface area contributed by atoms with Gasteiger partial charge >= 0.3 is 39.5 Å². The van der Waals surface area contributed by atoms with Gasteiger partial charge in [-0.2, -0.15) is 0 Å². The van der Waals surface area contributed by atoms with E-state index >= 15 is 0 Å². The van der Waals surface area contributed by atoms with Crippen molar-refractivity contribution >= 4 is 39.5 Å². The molecule has 0 aliphatic heterocycles. The van der Waals surface area contributed by atoms with Crippen LogP contribution in [0.3, 0.4) is 0 Å². The molecule has 0 heterocycles. The van der Waals surface area contributed by atoms with Gasteiger partial charge in [0, 0.05) is 25.7 Å². The van der Waals surface area contributed by atoms with Crippen LogP contribution in [0, 0.1) is 5.92 Å². The van der Waals surface area contributed by atoms with E-state index in [4.69, 9.17) is 37.0 Å². The van der Waals surface area contributed by atoms with Crippen LogP contribution in [0.4, 0.5) is 0 Å². The summed E-state index contributed by atoms with van der Waals surface area (Å²) in [4.78, 5) is 72.9. The molecule has 0 aliphatic rings. The smallest absolute Gasteiger partial charge is 0.462 e. The maximum atomic E-state index is 13.1. The average Bonchev–Trinajstić information content (AvgIpc) is 1.33. The van der Waals surface area contributed by atoms with Gasteiger partial charge in [-0.25, -0.2) is 9.13 Å². The number of unbranched alkanes of at least 4 members (excludes halogenated alkanes) is 49. The summed E-state index contributed by atoms with van der Waals surface area (Å²) in [6, 6.07) is 0. The first-order valence-corrected chi connectivity index (χ1v) is 43.7. The van der Waals surface area contributed by atoms with E-state index in [-0.39, 0.29) is 25.7 Å². The summed E-state index contributed by atoms with van der Waals surface area (Å²) >= 11 is 0. The third-order valence-electron chi connectivity index (χ3n) is 18.6. The zero-order valence-corrected chi connectivity index (χ0v) is 65.0. The van der Waals surface area contributed by atoms with Gasteiger partial charge in [-0.3, -0.25) is 37.3 Å². The molecule has 97 heavy (non-hydrogen) atoms. The zero-order valence-electron chi connectivity index (χ0n) is 63.2. The molecule has 0 saturated carbocycles. The van der Waals surface area contributed by atoms with E-state index in [1.54, 1.807) is 0 Å². The molecule has 0 aliphatic carbocycles. The Morgan fingerprint density at radius 3 is 0.732 bits per heavy atom. The maximum Gasteiger partial charge on any atom is 0.472 e. The van der Waals surface area contributed by atoms with Crippen molar-refractivity contribution < 1.29 is 80.2 Å². The summed E-state index contributed by atoms with van der Waals surface area (Å²) in [6.45, 7) is 7.34. The molecule has 17 nitrogen and oxygen atoms in total. The highest BCUT2D eigenvalue weighted by molar-refractivity contribution is 7.47. The molecule has 0 amide bonds. The second kappa shape index (κ2) is 71.1. The molecule has 6 atom stereocenters. The van der Waals surface area contributed by atoms with Gasteiger partial charge in [0.25, 0.3) is 0 Å². The van der Waals surface area contributed by atoms with Crippen LogP contribution in [0.1, 0.15) is 413 Å². The highest BCUT2D eigenvalue weighted by Gasteiger charge is 2.30. The minimum absolute atomic E-state index is 0.107. The van der Waals surface area contributed by atoms with Gasteiger partial charge in [-0.15, -0.1) is 0 Å². The number of phosphoric ester groups is 2. The van der Waals surface area contributed by atoms with Crippen molar-refractivity contribution in [2.45, 2.75) is 432 Å². The van der Waals surface area contributed by atoms with E-state index in [1.165, 1.54) is 238 Å². The lowest BCUT2D eigenvalue weighted by Crippen LogP contribution is -2.30. The van der Waals surface area contributed by atoms with Crippen LogP contribution < -0.4 is 0 Å². The molecule has 0 rings (SSSR count). The predicted molar refractivity (Wildman–Crippen MR) is 395 cm³/mol. The number of esters is 4. The number of rotatable bonds is 78. The topological polar surface area (TPSA) is 237 Å². The van der Waals surface area contributed by atoms with Crippen molar-refractivity contribution in [3.8, 4) is 0 Å². The number of aliphatic hydroxyl groups excluding tert-OH is 1. The Bertz CT molecular complexity index is 1860. The van der Waals surface area contributed by atoms with Crippen molar-refractivity contribution in [1.82, 2.24) is 0 Å². The van der Waals surface area contributed by atoms with E-state index in [0.717, 1.165) is 95.8 Å². The number of aliphatic hydroxyl groups is 1. The highest BCUT2D eigenvalue weighted by Crippen LogP contribution is 2.45. The Kier molecular flexibility index (Phi) is 69.6. The van der Waals surface area contributed by atoms with Gasteiger partial charge in [0.2, 0.25) is 0 Å². The standard InChI is InChI=1S/C78H152O17P2/c1-6-10-13-16-19-22-25-27-29-30-32-34-37-43-48-53-58-63-77(82)94-73(68-89-76(81)62-57-52-47-42-36-33-31-28-26-23-20-17-14-11-7-2)69-92-96(84,85)90-65-72(79)66-91-97(86,87)93-70-74(67-88-75(80)61-56-51-46-41-35-24-21-18-15-12-8-3)95-78(83)64-59-54-49-44-39-38-40-45-50-55-60-71(5)9-4/h71-74,79H,6-70H2,1-5H3,(H,84,85)(H,86,87)/t71?,72-,73-,74-/m1/s1. The van der Waals surface area contributed by atoms with E-state index in [2.05, 4.69) is 34.6 Å². The Morgan fingerprint density at radius 1 is 0.289 bits per heavy atom. The minimum Gasteiger partial charge on any atom is -0.462 e. The van der Waals surface area contributed by atoms with Gasteiger partial charge in [0.15, 0.2) is 12.2 Å². The molecule has 0 spiro atoms. The molecule has 0 aromatic carbocycles. The Labute approximate surface area is 594 Å². The van der Waals surface area contributed by atoms with Gasteiger partial charge in [-0.1, -0.05) is 362 Å². The molecule has 3 unspecified atom stereocenters. The van der Waals surface area contributed by atoms with Gasteiger partial charge in [0.1, 0.15) is 19.3 Å². The normalized spacial score (nSPS) is 14.2. The molecule has 0 aromatic heterocycles. The number of carbonyl (C=O) groups is 4. The van der Waals surface area contributed by atoms with Crippen LogP contribution in [-0.2, 0) is 65.4 Å². The summed E-state index contributed by atoms with van der Waals surface area (Å²) in [5, 5.41) is 10.6. The highest BCUT2D eigenvalue weighted by atomic mass is 31.2. The predicted octanol–water partition coefficient (Wildman–Crippen LogP) is 23.3. The van der Waals surface area contributed by atoms with Crippen LogP contribution >= 0.6 is 15.6 Å². The van der Waals surface area contributed by atoms with Gasteiger partial charge in [-0.05, 0) is 31.6 Å². The Balaban J connectivity index is 5.26. The summed E-state index contributed by atoms with van der Waals surface area (Å²) in [6.07, 6.45) is 60.8. The van der Waals surface area contributed by atoms with Crippen molar-refractivity contribution in [3.05, 3.63) is 0 Å². The third-order valence-corrected chi connectivity index (χ3v) is 20.5. The quantitative estimate of drug-likeness (QED) is 0.0222. The van der Waals surface area contributed by atoms with E-state index < -0.39 is 97.5 Å². The molecular weight excluding hydrogens is 1270 g/mol. The Hall–Kier alpha value is -1.94. The lowest BCUT2D eigenvalue weighted by atomic mass is 9.99. The van der Waals surface area contributed by atoms with E-state index in [9.17, 15) is 43.2 Å². The summed E-state index contributed by atoms with van der Waals surface area (Å²) in [5.41, 5.74) is 0. The number of hydrogen-bond acceptors (Lipinski definition) is 15. The fourth-order valence-electron chi connectivity index (χ4n) is 12.0. The first-order chi connectivity index (χ1) is 47.1. The maximum absolute atomic E-state index is 13.1. The fraction of sp³-hybridized carbons (Fsp3) is 0.949. The van der Waals surface area contributed by atoms with E-state index in [0.29, 0.717) is 25.7 Å². The second-order valence-corrected chi connectivity index (χ2v) is 31.3. The lowest BCUT2D eigenvalue weighted by Gasteiger charge is -2.21. The minimum atomic E-state index is -4.96. The van der Waals surface area contributed by atoms with Crippen LogP contribution in [-0.4, -0.2) is 96.7 Å². The van der Waals surface area contributed by atoms with Crippen LogP contribution in [0.15, 0.2) is 0 Å². The molecular formula is C78H152O17P2. The number of ether oxygens (including phenoxy) is 4. The van der Waals surface area contributed by atoms with E-state index in [1.807, 2.05) is 0 Å². The lowest BCUT2D eigenvalue weighted by molar-refractivity contribution is -0.161. The zero-order chi connectivity index (χ0) is 71.2. The van der Waals surface area contributed by atoms with Crippen molar-refractivity contribution in [2.75, 3.05) is 39.6 Å². The number of phosphoric acid groups is 2. The monoisotopic (exact) mass is 1420 g/mol. The van der Waals surface area contributed by atoms with Crippen LogP contribution in [0.25, 0.3) is 0 Å². The summed E-state index contributed by atoms with van der Waals surface area (Å²) in [5.74, 6) is -1.31. The Morgan fingerprint density at radius 2 is 0.495 bits per heavy atom. The van der Waals surface area contributed by atoms with Crippen molar-refractivity contribution in [1.29, 1.82) is 0 Å². The van der Waals surface area contributed by atoms with Crippen LogP contribution in [0.2, 0.25) is 0 Å². The molecule has 0 aromatic rings. The summed E-state index contributed by atoms with van der Waals surface area (Å²) in [7, 11) is -9.91. The SMILES string of the molecule is CCCCCCCCCCCCCCCCCCCC(=O)O[C@H](COC(=O)CCCCCCCCCCCCCCCCC)COP(=O)(O)OC[C@@H](O)COP(=O)(O)OC[C@@H](COC(=O)CCCCCCCCCCCCC)OC(=O)CCCCCCCCCCCCC(C)CC. The number of hydrogen-bond donors (Lipinski definition) is 3. The first kappa shape index (κ1) is 95.1. The molecule has 0 saturated heterocycles. The average molecular weight is 1420 g/mol. The molecule has 19 heteroatoms. The molecule has 3 N–H and O–H groups in total. The van der Waals surface area contributed by atoms with Crippen molar-refractivity contribution in [3.63, 3.8) is 0 Å². The molecule has 0 radical (unpaired) electrons. The molecule has 0 fully saturated rings. The third kappa shape index (κ3) is 70.9. The molecule has 576 valence electrons. The second-order valence-electron chi connectivity index (χ2n) is 28.3. The van der Waals surface area contributed by atoms with Gasteiger partial charge in [0.05, 0.1) is 26.4 Å². The van der Waals surface area contributed by atoms with Crippen molar-refractivity contribution in [2.24, 2.45) is 5.92 Å². The largest absolute Gasteiger partial charge is 0.472 e.